The summed E-state index contributed by atoms with van der Waals surface area (Å²) in [7, 11) is -3.99. The molecule has 13 nitrogen and oxygen atoms in total. The molecule has 2 N–H and O–H groups in total. The van der Waals surface area contributed by atoms with Gasteiger partial charge in [-0.25, -0.2) is 8.42 Å². The third-order valence-corrected chi connectivity index (χ3v) is 10.9. The van der Waals surface area contributed by atoms with Gasteiger partial charge in [0.05, 0.1) is 16.3 Å². The Morgan fingerprint density at radius 3 is 2.33 bits per heavy atom. The van der Waals surface area contributed by atoms with Crippen molar-refractivity contribution in [1.82, 2.24) is 9.47 Å². The number of anilines is 2. The van der Waals surface area contributed by atoms with Gasteiger partial charge in [0, 0.05) is 50.8 Å². The second-order valence-corrected chi connectivity index (χ2v) is 14.4. The van der Waals surface area contributed by atoms with Gasteiger partial charge in [0.15, 0.2) is 5.69 Å². The molecule has 1 saturated carbocycles. The van der Waals surface area contributed by atoms with Crippen molar-refractivity contribution in [3.05, 3.63) is 70.0 Å². The molecule has 0 bridgehead atoms. The molecule has 1 aliphatic heterocycles. The molecule has 2 aliphatic rings. The Hall–Kier alpha value is -5.03. The zero-order valence-corrected chi connectivity index (χ0v) is 28.6. The predicted molar refractivity (Wildman–Crippen MR) is 185 cm³/mol. The maximum absolute atomic E-state index is 14.1. The van der Waals surface area contributed by atoms with Gasteiger partial charge in [0.1, 0.15) is 11.6 Å². The maximum Gasteiger partial charge on any atom is 0.281 e. The van der Waals surface area contributed by atoms with Gasteiger partial charge in [0.25, 0.3) is 15.6 Å². The summed E-state index contributed by atoms with van der Waals surface area (Å²) < 4.78 is 30.6. The zero-order valence-electron chi connectivity index (χ0n) is 27.8. The van der Waals surface area contributed by atoms with E-state index in [-0.39, 0.29) is 51.7 Å². The van der Waals surface area contributed by atoms with E-state index in [0.717, 1.165) is 43.1 Å². The molecule has 1 aromatic heterocycles. The highest BCUT2D eigenvalue weighted by atomic mass is 32.2. The van der Waals surface area contributed by atoms with E-state index in [9.17, 15) is 33.2 Å². The Morgan fingerprint density at radius 2 is 1.71 bits per heavy atom. The number of nitrogens with zero attached hydrogens (tertiary/aromatic N) is 6. The van der Waals surface area contributed by atoms with Crippen molar-refractivity contribution in [2.75, 3.05) is 29.3 Å². The second-order valence-electron chi connectivity index (χ2n) is 12.5. The number of azo groups is 1. The van der Waals surface area contributed by atoms with E-state index in [2.05, 4.69) is 15.5 Å². The van der Waals surface area contributed by atoms with Crippen LogP contribution in [0.25, 0.3) is 0 Å². The number of carbonyl (C=O) groups excluding carboxylic acids is 2. The van der Waals surface area contributed by atoms with Crippen LogP contribution >= 0.6 is 0 Å². The standard InChI is InChI=1S/C35H41N7O6S/c1-24-31(22-36)34(45)41(21-7-20-40-19-6-10-32(40)44)35(46)33(24)39-38-28-13-17-30(18-14-28)49(47,48)42(23-26-8-4-3-5-9-26)29-15-11-27(12-16-29)37-25(2)43/h11-18,26,45H,3-10,19-21,23H2,1-2H3,(H,37,43). The molecule has 3 aromatic rings. The summed E-state index contributed by atoms with van der Waals surface area (Å²) in [5.74, 6) is -0.417. The van der Waals surface area contributed by atoms with Crippen LogP contribution in [0.2, 0.25) is 0 Å². The molecule has 14 heteroatoms. The highest BCUT2D eigenvalue weighted by Gasteiger charge is 2.29. The highest BCUT2D eigenvalue weighted by molar-refractivity contribution is 7.92. The van der Waals surface area contributed by atoms with E-state index in [1.54, 1.807) is 29.2 Å². The van der Waals surface area contributed by atoms with Crippen molar-refractivity contribution in [2.24, 2.45) is 16.1 Å². The first-order valence-electron chi connectivity index (χ1n) is 16.6. The molecule has 5 rings (SSSR count). The lowest BCUT2D eigenvalue weighted by atomic mass is 9.89. The molecule has 1 saturated heterocycles. The lowest BCUT2D eigenvalue weighted by Crippen LogP contribution is -2.36. The Morgan fingerprint density at radius 1 is 1.02 bits per heavy atom. The quantitative estimate of drug-likeness (QED) is 0.223. The first kappa shape index (κ1) is 35.3. The van der Waals surface area contributed by atoms with Crippen LogP contribution in [0.1, 0.15) is 69.4 Å². The van der Waals surface area contributed by atoms with Crippen LogP contribution in [0.4, 0.5) is 22.7 Å². The molecule has 2 heterocycles. The van der Waals surface area contributed by atoms with Crippen molar-refractivity contribution in [3.8, 4) is 11.9 Å². The lowest BCUT2D eigenvalue weighted by molar-refractivity contribution is -0.127. The van der Waals surface area contributed by atoms with Crippen LogP contribution in [-0.4, -0.2) is 54.4 Å². The van der Waals surface area contributed by atoms with E-state index in [4.69, 9.17) is 0 Å². The summed E-state index contributed by atoms with van der Waals surface area (Å²) in [6.07, 6.45) is 6.83. The van der Waals surface area contributed by atoms with Gasteiger partial charge < -0.3 is 15.3 Å². The van der Waals surface area contributed by atoms with Crippen molar-refractivity contribution in [1.29, 1.82) is 5.26 Å². The van der Waals surface area contributed by atoms with Crippen LogP contribution in [0.15, 0.2) is 68.4 Å². The number of amides is 2. The predicted octanol–water partition coefficient (Wildman–Crippen LogP) is 5.90. The monoisotopic (exact) mass is 687 g/mol. The Kier molecular flexibility index (Phi) is 11.1. The van der Waals surface area contributed by atoms with Gasteiger partial charge >= 0.3 is 0 Å². The van der Waals surface area contributed by atoms with E-state index in [0.29, 0.717) is 43.9 Å². The van der Waals surface area contributed by atoms with Crippen molar-refractivity contribution in [2.45, 2.75) is 76.7 Å². The number of benzene rings is 2. The van der Waals surface area contributed by atoms with Crippen LogP contribution in [-0.2, 0) is 26.2 Å². The molecular formula is C35H41N7O6S. The minimum atomic E-state index is -3.99. The van der Waals surface area contributed by atoms with Crippen LogP contribution < -0.4 is 15.2 Å². The summed E-state index contributed by atoms with van der Waals surface area (Å²) in [6, 6.07) is 14.5. The fourth-order valence-corrected chi connectivity index (χ4v) is 7.95. The number of aromatic nitrogens is 1. The molecule has 0 radical (unpaired) electrons. The average Bonchev–Trinajstić information content (AvgIpc) is 3.50. The Labute approximate surface area is 285 Å². The number of nitrogens with one attached hydrogen (secondary N) is 1. The summed E-state index contributed by atoms with van der Waals surface area (Å²) in [6.45, 7) is 4.39. The molecule has 49 heavy (non-hydrogen) atoms. The number of sulfonamides is 1. The fourth-order valence-electron chi connectivity index (χ4n) is 6.41. The van der Waals surface area contributed by atoms with Crippen LogP contribution in [0.3, 0.4) is 0 Å². The number of hydrogen-bond donors (Lipinski definition) is 2. The molecule has 2 fully saturated rings. The molecule has 0 atom stereocenters. The Bertz CT molecular complexity index is 1930. The number of pyridine rings is 1. The van der Waals surface area contributed by atoms with E-state index < -0.39 is 21.5 Å². The van der Waals surface area contributed by atoms with Crippen molar-refractivity contribution < 1.29 is 23.1 Å². The minimum absolute atomic E-state index is 0.0552. The van der Waals surface area contributed by atoms with Gasteiger partial charge in [-0.15, -0.1) is 5.11 Å². The van der Waals surface area contributed by atoms with Crippen LogP contribution in [0.5, 0.6) is 5.88 Å². The topological polar surface area (TPSA) is 178 Å². The third-order valence-electron chi connectivity index (χ3n) is 9.06. The summed E-state index contributed by atoms with van der Waals surface area (Å²) in [5.41, 5.74) is 0.649. The van der Waals surface area contributed by atoms with E-state index in [1.165, 1.54) is 42.4 Å². The molecule has 258 valence electrons. The number of aromatic hydroxyl groups is 1. The number of rotatable bonds is 12. The average molecular weight is 688 g/mol. The molecule has 2 aromatic carbocycles. The van der Waals surface area contributed by atoms with Gasteiger partial charge in [-0.2, -0.15) is 10.4 Å². The van der Waals surface area contributed by atoms with E-state index >= 15 is 0 Å². The summed E-state index contributed by atoms with van der Waals surface area (Å²) >= 11 is 0. The lowest BCUT2D eigenvalue weighted by Gasteiger charge is -2.31. The molecule has 2 amide bonds. The van der Waals surface area contributed by atoms with Crippen molar-refractivity contribution >= 4 is 44.6 Å². The maximum atomic E-state index is 14.1. The molecule has 1 aliphatic carbocycles. The normalized spacial score (nSPS) is 15.4. The summed E-state index contributed by atoms with van der Waals surface area (Å²) in [4.78, 5) is 38.6. The largest absolute Gasteiger partial charge is 0.493 e. The number of hydrogen-bond acceptors (Lipinski definition) is 9. The van der Waals surface area contributed by atoms with Crippen molar-refractivity contribution in [3.63, 3.8) is 0 Å². The van der Waals surface area contributed by atoms with Gasteiger partial charge in [0.2, 0.25) is 17.7 Å². The van der Waals surface area contributed by atoms with Gasteiger partial charge in [-0.1, -0.05) is 19.3 Å². The Balaban J connectivity index is 1.38. The first-order valence-corrected chi connectivity index (χ1v) is 18.0. The molecular weight excluding hydrogens is 646 g/mol. The molecule has 0 spiro atoms. The van der Waals surface area contributed by atoms with E-state index in [1.807, 2.05) is 6.07 Å². The number of likely N-dealkylation sites (tertiary alicyclic amines) is 1. The zero-order chi connectivity index (χ0) is 35.1. The molecule has 0 unspecified atom stereocenters. The number of nitriles is 1. The smallest absolute Gasteiger partial charge is 0.281 e. The third kappa shape index (κ3) is 8.17. The van der Waals surface area contributed by atoms with Crippen LogP contribution in [0, 0.1) is 24.2 Å². The SMILES string of the molecule is CC(=O)Nc1ccc(N(CC2CCCCC2)S(=O)(=O)c2ccc(N=Nc3c(C)c(C#N)c(O)n(CCCN4CCCC4=O)c3=O)cc2)cc1. The van der Waals surface area contributed by atoms with Gasteiger partial charge in [-0.05, 0) is 87.1 Å². The first-order chi connectivity index (χ1) is 23.5. The van der Waals surface area contributed by atoms with Gasteiger partial charge in [-0.3, -0.25) is 23.3 Å². The fraction of sp³-hybridized carbons (Fsp3) is 0.429. The summed E-state index contributed by atoms with van der Waals surface area (Å²) in [5, 5.41) is 31.4. The highest BCUT2D eigenvalue weighted by Crippen LogP contribution is 2.32. The number of carbonyl (C=O) groups is 2. The minimum Gasteiger partial charge on any atom is -0.493 e. The second kappa shape index (κ2) is 15.5.